The van der Waals surface area contributed by atoms with Crippen molar-refractivity contribution in [3.8, 4) is 11.5 Å². The van der Waals surface area contributed by atoms with E-state index in [2.05, 4.69) is 26.5 Å². The Hall–Kier alpha value is -2.34. The highest BCUT2D eigenvalue weighted by Gasteiger charge is 2.08. The van der Waals surface area contributed by atoms with E-state index in [9.17, 15) is 4.79 Å². The SMILES string of the molecule is CCOc1ccc(/C=N/NC(=O)c2ccccc2Br)c(OC)c1. The van der Waals surface area contributed by atoms with Gasteiger partial charge in [-0.15, -0.1) is 0 Å². The minimum atomic E-state index is -0.293. The van der Waals surface area contributed by atoms with Crippen LogP contribution in [0.15, 0.2) is 52.0 Å². The molecule has 0 bridgehead atoms. The molecule has 0 spiro atoms. The van der Waals surface area contributed by atoms with Gasteiger partial charge in [0.1, 0.15) is 11.5 Å². The maximum absolute atomic E-state index is 12.0. The summed E-state index contributed by atoms with van der Waals surface area (Å²) in [7, 11) is 1.57. The van der Waals surface area contributed by atoms with Crippen molar-refractivity contribution in [1.29, 1.82) is 0 Å². The van der Waals surface area contributed by atoms with Gasteiger partial charge in [-0.2, -0.15) is 5.10 Å². The first kappa shape index (κ1) is 17.0. The quantitative estimate of drug-likeness (QED) is 0.618. The number of nitrogens with zero attached hydrogens (tertiary/aromatic N) is 1. The molecule has 0 radical (unpaired) electrons. The van der Waals surface area contributed by atoms with Gasteiger partial charge in [-0.25, -0.2) is 5.43 Å². The Morgan fingerprint density at radius 2 is 2.09 bits per heavy atom. The molecule has 1 N–H and O–H groups in total. The van der Waals surface area contributed by atoms with Crippen LogP contribution < -0.4 is 14.9 Å². The number of benzene rings is 2. The molecule has 2 aromatic rings. The predicted octanol–water partition coefficient (Wildman–Crippen LogP) is 3.62. The molecule has 5 nitrogen and oxygen atoms in total. The van der Waals surface area contributed by atoms with Gasteiger partial charge in [0.2, 0.25) is 0 Å². The van der Waals surface area contributed by atoms with Crippen molar-refractivity contribution in [2.75, 3.05) is 13.7 Å². The lowest BCUT2D eigenvalue weighted by Crippen LogP contribution is -2.18. The van der Waals surface area contributed by atoms with E-state index in [0.29, 0.717) is 22.4 Å². The van der Waals surface area contributed by atoms with Crippen molar-refractivity contribution in [2.24, 2.45) is 5.10 Å². The maximum Gasteiger partial charge on any atom is 0.272 e. The van der Waals surface area contributed by atoms with Crippen LogP contribution >= 0.6 is 15.9 Å². The first-order valence-corrected chi connectivity index (χ1v) is 7.83. The third-order valence-electron chi connectivity index (χ3n) is 3.00. The summed E-state index contributed by atoms with van der Waals surface area (Å²) in [5, 5.41) is 3.98. The molecule has 6 heteroatoms. The van der Waals surface area contributed by atoms with Gasteiger partial charge in [-0.1, -0.05) is 12.1 Å². The van der Waals surface area contributed by atoms with E-state index >= 15 is 0 Å². The Kier molecular flexibility index (Phi) is 6.17. The fraction of sp³-hybridized carbons (Fsp3) is 0.176. The number of carbonyl (C=O) groups excluding carboxylic acids is 1. The zero-order chi connectivity index (χ0) is 16.7. The predicted molar refractivity (Wildman–Crippen MR) is 93.4 cm³/mol. The molecule has 1 amide bonds. The number of carbonyl (C=O) groups is 1. The molecule has 2 aromatic carbocycles. The third-order valence-corrected chi connectivity index (χ3v) is 3.70. The fourth-order valence-corrected chi connectivity index (χ4v) is 2.39. The number of ether oxygens (including phenoxy) is 2. The molecule has 120 valence electrons. The van der Waals surface area contributed by atoms with E-state index < -0.39 is 0 Å². The van der Waals surface area contributed by atoms with E-state index in [1.54, 1.807) is 31.4 Å². The Balaban J connectivity index is 2.08. The lowest BCUT2D eigenvalue weighted by molar-refractivity contribution is 0.0954. The molecule has 0 atom stereocenters. The smallest absolute Gasteiger partial charge is 0.272 e. The number of hydrogen-bond acceptors (Lipinski definition) is 4. The highest BCUT2D eigenvalue weighted by Crippen LogP contribution is 2.23. The van der Waals surface area contributed by atoms with E-state index in [4.69, 9.17) is 9.47 Å². The van der Waals surface area contributed by atoms with Crippen LogP contribution in [0.3, 0.4) is 0 Å². The van der Waals surface area contributed by atoms with Crippen molar-refractivity contribution in [1.82, 2.24) is 5.43 Å². The van der Waals surface area contributed by atoms with Crippen LogP contribution in [0, 0.1) is 0 Å². The maximum atomic E-state index is 12.0. The number of amides is 1. The van der Waals surface area contributed by atoms with Gasteiger partial charge in [0.05, 0.1) is 25.5 Å². The molecule has 0 saturated heterocycles. The number of methoxy groups -OCH3 is 1. The molecule has 0 unspecified atom stereocenters. The molecule has 0 fully saturated rings. The molecular weight excluding hydrogens is 360 g/mol. The van der Waals surface area contributed by atoms with Crippen LogP contribution in [-0.2, 0) is 0 Å². The lowest BCUT2D eigenvalue weighted by Gasteiger charge is -2.08. The van der Waals surface area contributed by atoms with Crippen LogP contribution in [0.4, 0.5) is 0 Å². The summed E-state index contributed by atoms with van der Waals surface area (Å²) in [5.41, 5.74) is 3.75. The van der Waals surface area contributed by atoms with Crippen LogP contribution in [0.1, 0.15) is 22.8 Å². The minimum absolute atomic E-state index is 0.293. The summed E-state index contributed by atoms with van der Waals surface area (Å²) in [6.07, 6.45) is 1.53. The second kappa shape index (κ2) is 8.33. The fourth-order valence-electron chi connectivity index (χ4n) is 1.92. The Bertz CT molecular complexity index is 717. The van der Waals surface area contributed by atoms with E-state index in [1.807, 2.05) is 25.1 Å². The third kappa shape index (κ3) is 4.56. The molecule has 0 aliphatic heterocycles. The van der Waals surface area contributed by atoms with Gasteiger partial charge >= 0.3 is 0 Å². The monoisotopic (exact) mass is 376 g/mol. The zero-order valence-corrected chi connectivity index (χ0v) is 14.5. The van der Waals surface area contributed by atoms with Gasteiger partial charge in [0.25, 0.3) is 5.91 Å². The molecule has 23 heavy (non-hydrogen) atoms. The molecule has 0 aliphatic rings. The number of nitrogens with one attached hydrogen (secondary N) is 1. The summed E-state index contributed by atoms with van der Waals surface area (Å²) >= 11 is 3.33. The average molecular weight is 377 g/mol. The van der Waals surface area contributed by atoms with Crippen molar-refractivity contribution in [2.45, 2.75) is 6.92 Å². The van der Waals surface area contributed by atoms with Crippen molar-refractivity contribution >= 4 is 28.1 Å². The first-order chi connectivity index (χ1) is 11.2. The second-order valence-corrected chi connectivity index (χ2v) is 5.37. The highest BCUT2D eigenvalue weighted by atomic mass is 79.9. The van der Waals surface area contributed by atoms with Crippen molar-refractivity contribution < 1.29 is 14.3 Å². The van der Waals surface area contributed by atoms with E-state index in [0.717, 1.165) is 11.3 Å². The van der Waals surface area contributed by atoms with Crippen molar-refractivity contribution in [3.63, 3.8) is 0 Å². The molecule has 2 rings (SSSR count). The second-order valence-electron chi connectivity index (χ2n) is 4.52. The van der Waals surface area contributed by atoms with Crippen LogP contribution in [0.2, 0.25) is 0 Å². The number of rotatable bonds is 6. The summed E-state index contributed by atoms with van der Waals surface area (Å²) in [6, 6.07) is 12.6. The van der Waals surface area contributed by atoms with E-state index in [-0.39, 0.29) is 5.91 Å². The number of hydrogen-bond donors (Lipinski definition) is 1. The standard InChI is InChI=1S/C17H17BrN2O3/c1-3-23-13-9-8-12(16(10-13)22-2)11-19-20-17(21)14-6-4-5-7-15(14)18/h4-11H,3H2,1-2H3,(H,20,21)/b19-11+. The number of halogens is 1. The Morgan fingerprint density at radius 1 is 1.30 bits per heavy atom. The topological polar surface area (TPSA) is 59.9 Å². The van der Waals surface area contributed by atoms with Crippen molar-refractivity contribution in [3.05, 3.63) is 58.1 Å². The van der Waals surface area contributed by atoms with Gasteiger partial charge in [0, 0.05) is 16.1 Å². The molecular formula is C17H17BrN2O3. The van der Waals surface area contributed by atoms with Gasteiger partial charge in [0.15, 0.2) is 0 Å². The largest absolute Gasteiger partial charge is 0.496 e. The molecule has 0 aromatic heterocycles. The normalized spacial score (nSPS) is 10.6. The molecule has 0 aliphatic carbocycles. The lowest BCUT2D eigenvalue weighted by atomic mass is 10.2. The van der Waals surface area contributed by atoms with Gasteiger partial charge < -0.3 is 9.47 Å². The van der Waals surface area contributed by atoms with Crippen LogP contribution in [0.5, 0.6) is 11.5 Å². The van der Waals surface area contributed by atoms with Crippen LogP contribution in [-0.4, -0.2) is 25.8 Å². The summed E-state index contributed by atoms with van der Waals surface area (Å²) in [5.74, 6) is 1.05. The van der Waals surface area contributed by atoms with E-state index in [1.165, 1.54) is 6.21 Å². The minimum Gasteiger partial charge on any atom is -0.496 e. The summed E-state index contributed by atoms with van der Waals surface area (Å²) < 4.78 is 11.4. The number of hydrazone groups is 1. The van der Waals surface area contributed by atoms with Crippen LogP contribution in [0.25, 0.3) is 0 Å². The zero-order valence-electron chi connectivity index (χ0n) is 12.9. The summed E-state index contributed by atoms with van der Waals surface area (Å²) in [4.78, 5) is 12.0. The first-order valence-electron chi connectivity index (χ1n) is 7.04. The van der Waals surface area contributed by atoms with Gasteiger partial charge in [-0.3, -0.25) is 4.79 Å². The Labute approximate surface area is 143 Å². The highest BCUT2D eigenvalue weighted by molar-refractivity contribution is 9.10. The average Bonchev–Trinajstić information content (AvgIpc) is 2.56. The molecule has 0 heterocycles. The Morgan fingerprint density at radius 3 is 2.78 bits per heavy atom. The van der Waals surface area contributed by atoms with Gasteiger partial charge in [-0.05, 0) is 47.1 Å². The molecule has 0 saturated carbocycles. The summed E-state index contributed by atoms with van der Waals surface area (Å²) in [6.45, 7) is 2.50.